The maximum absolute atomic E-state index is 14.2. The SMILES string of the molecule is CCCc1ccc2c(c1)CCC(CCc1c(F)cc(CC)cc1F)C2. The Labute approximate surface area is 150 Å². The molecule has 0 nitrogen and oxygen atoms in total. The predicted octanol–water partition coefficient (Wildman–Crippen LogP) is 6.22. The van der Waals surface area contributed by atoms with Crippen molar-refractivity contribution in [3.63, 3.8) is 0 Å². The highest BCUT2D eigenvalue weighted by atomic mass is 19.1. The van der Waals surface area contributed by atoms with Crippen LogP contribution in [0.25, 0.3) is 0 Å². The molecule has 2 aromatic rings. The molecule has 1 aliphatic rings. The quantitative estimate of drug-likeness (QED) is 0.585. The first-order chi connectivity index (χ1) is 12.1. The van der Waals surface area contributed by atoms with Gasteiger partial charge in [-0.25, -0.2) is 8.78 Å². The summed E-state index contributed by atoms with van der Waals surface area (Å²) in [4.78, 5) is 0. The Morgan fingerprint density at radius 2 is 1.68 bits per heavy atom. The zero-order valence-corrected chi connectivity index (χ0v) is 15.4. The normalized spacial score (nSPS) is 16.7. The van der Waals surface area contributed by atoms with Crippen LogP contribution in [0.5, 0.6) is 0 Å². The van der Waals surface area contributed by atoms with Crippen LogP contribution in [-0.4, -0.2) is 0 Å². The van der Waals surface area contributed by atoms with Crippen molar-refractivity contribution < 1.29 is 8.78 Å². The first-order valence-electron chi connectivity index (χ1n) is 9.68. The van der Waals surface area contributed by atoms with Crippen LogP contribution in [0.2, 0.25) is 0 Å². The van der Waals surface area contributed by atoms with Gasteiger partial charge in [-0.15, -0.1) is 0 Å². The third-order valence-electron chi connectivity index (χ3n) is 5.55. The summed E-state index contributed by atoms with van der Waals surface area (Å²) in [6.07, 6.45) is 7.59. The molecule has 2 heteroatoms. The summed E-state index contributed by atoms with van der Waals surface area (Å²) < 4.78 is 28.3. The average Bonchev–Trinajstić information content (AvgIpc) is 2.61. The maximum atomic E-state index is 14.2. The van der Waals surface area contributed by atoms with Crippen molar-refractivity contribution in [3.8, 4) is 0 Å². The van der Waals surface area contributed by atoms with E-state index in [1.54, 1.807) is 0 Å². The Kier molecular flexibility index (Phi) is 5.88. The van der Waals surface area contributed by atoms with Gasteiger partial charge < -0.3 is 0 Å². The van der Waals surface area contributed by atoms with Crippen molar-refractivity contribution in [1.29, 1.82) is 0 Å². The molecule has 0 amide bonds. The van der Waals surface area contributed by atoms with Crippen LogP contribution in [0.4, 0.5) is 8.78 Å². The molecule has 1 unspecified atom stereocenters. The summed E-state index contributed by atoms with van der Waals surface area (Å²) in [5, 5.41) is 0. The molecular weight excluding hydrogens is 314 g/mol. The Morgan fingerprint density at radius 3 is 2.36 bits per heavy atom. The second kappa shape index (κ2) is 8.12. The van der Waals surface area contributed by atoms with Crippen LogP contribution in [0.3, 0.4) is 0 Å². The second-order valence-electron chi connectivity index (χ2n) is 7.39. The Balaban J connectivity index is 1.64. The van der Waals surface area contributed by atoms with Gasteiger partial charge >= 0.3 is 0 Å². The van der Waals surface area contributed by atoms with Crippen LogP contribution in [-0.2, 0) is 32.1 Å². The Bertz CT molecular complexity index is 710. The van der Waals surface area contributed by atoms with Gasteiger partial charge in [0.2, 0.25) is 0 Å². The molecule has 0 heterocycles. The third-order valence-corrected chi connectivity index (χ3v) is 5.55. The van der Waals surface area contributed by atoms with Crippen LogP contribution in [0, 0.1) is 17.6 Å². The molecule has 0 bridgehead atoms. The molecule has 2 aromatic carbocycles. The summed E-state index contributed by atoms with van der Waals surface area (Å²) >= 11 is 0. The molecule has 0 aliphatic heterocycles. The van der Waals surface area contributed by atoms with E-state index < -0.39 is 0 Å². The molecule has 0 saturated carbocycles. The fraction of sp³-hybridized carbons (Fsp3) is 0.478. The molecule has 0 saturated heterocycles. The van der Waals surface area contributed by atoms with E-state index in [9.17, 15) is 8.78 Å². The minimum atomic E-state index is -0.378. The average molecular weight is 342 g/mol. The lowest BCUT2D eigenvalue weighted by Gasteiger charge is -2.25. The van der Waals surface area contributed by atoms with E-state index in [1.807, 2.05) is 6.92 Å². The topological polar surface area (TPSA) is 0 Å². The van der Waals surface area contributed by atoms with Gasteiger partial charge in [0.1, 0.15) is 11.6 Å². The summed E-state index contributed by atoms with van der Waals surface area (Å²) in [5.41, 5.74) is 5.33. The third kappa shape index (κ3) is 4.29. The van der Waals surface area contributed by atoms with E-state index in [-0.39, 0.29) is 17.2 Å². The van der Waals surface area contributed by atoms with Gasteiger partial charge in [-0.1, -0.05) is 38.5 Å². The highest BCUT2D eigenvalue weighted by Gasteiger charge is 2.20. The standard InChI is InChI=1S/C23H28F2/c1-3-5-17-6-9-20-13-18(7-10-19(20)12-17)8-11-21-22(24)14-16(4-2)15-23(21)25/h6,9,12,14-15,18H,3-5,7-8,10-11,13H2,1-2H3. The monoisotopic (exact) mass is 342 g/mol. The van der Waals surface area contributed by atoms with Gasteiger partial charge in [0.25, 0.3) is 0 Å². The van der Waals surface area contributed by atoms with Crippen molar-refractivity contribution in [2.45, 2.75) is 65.2 Å². The lowest BCUT2D eigenvalue weighted by atomic mass is 9.80. The number of halogens is 2. The fourth-order valence-corrected chi connectivity index (χ4v) is 4.02. The van der Waals surface area contributed by atoms with Crippen LogP contribution < -0.4 is 0 Å². The fourth-order valence-electron chi connectivity index (χ4n) is 4.02. The van der Waals surface area contributed by atoms with Crippen molar-refractivity contribution in [2.24, 2.45) is 5.92 Å². The van der Waals surface area contributed by atoms with Gasteiger partial charge in [0.05, 0.1) is 0 Å². The maximum Gasteiger partial charge on any atom is 0.129 e. The molecule has 1 aliphatic carbocycles. The largest absolute Gasteiger partial charge is 0.207 e. The molecule has 134 valence electrons. The molecule has 0 aromatic heterocycles. The first-order valence-corrected chi connectivity index (χ1v) is 9.68. The number of hydrogen-bond acceptors (Lipinski definition) is 0. The summed E-state index contributed by atoms with van der Waals surface area (Å²) in [6.45, 7) is 4.13. The molecule has 1 atom stereocenters. The number of aryl methyl sites for hydroxylation is 3. The van der Waals surface area contributed by atoms with E-state index in [1.165, 1.54) is 35.2 Å². The minimum Gasteiger partial charge on any atom is -0.207 e. The van der Waals surface area contributed by atoms with Crippen LogP contribution in [0.1, 0.15) is 60.9 Å². The van der Waals surface area contributed by atoms with Crippen LogP contribution >= 0.6 is 0 Å². The van der Waals surface area contributed by atoms with E-state index in [0.29, 0.717) is 18.8 Å². The van der Waals surface area contributed by atoms with Crippen molar-refractivity contribution >= 4 is 0 Å². The molecule has 0 radical (unpaired) electrons. The first kappa shape index (κ1) is 18.1. The predicted molar refractivity (Wildman–Crippen MR) is 100 cm³/mol. The minimum absolute atomic E-state index is 0.265. The lowest BCUT2D eigenvalue weighted by Crippen LogP contribution is -2.16. The number of fused-ring (bicyclic) bond motifs is 1. The molecule has 3 rings (SSSR count). The molecule has 0 spiro atoms. The van der Waals surface area contributed by atoms with E-state index in [2.05, 4.69) is 25.1 Å². The van der Waals surface area contributed by atoms with Gasteiger partial charge in [-0.3, -0.25) is 0 Å². The number of rotatable bonds is 6. The molecule has 0 fully saturated rings. The van der Waals surface area contributed by atoms with Gasteiger partial charge in [-0.2, -0.15) is 0 Å². The number of benzene rings is 2. The smallest absolute Gasteiger partial charge is 0.129 e. The summed E-state index contributed by atoms with van der Waals surface area (Å²) in [5.74, 6) is -0.233. The van der Waals surface area contributed by atoms with Crippen LogP contribution in [0.15, 0.2) is 30.3 Å². The van der Waals surface area contributed by atoms with Gasteiger partial charge in [0.15, 0.2) is 0 Å². The van der Waals surface area contributed by atoms with E-state index >= 15 is 0 Å². The van der Waals surface area contributed by atoms with Crippen molar-refractivity contribution in [2.75, 3.05) is 0 Å². The van der Waals surface area contributed by atoms with E-state index in [4.69, 9.17) is 0 Å². The zero-order valence-electron chi connectivity index (χ0n) is 15.4. The highest BCUT2D eigenvalue weighted by Crippen LogP contribution is 2.30. The second-order valence-corrected chi connectivity index (χ2v) is 7.39. The molecule has 0 N–H and O–H groups in total. The Morgan fingerprint density at radius 1 is 0.920 bits per heavy atom. The molecular formula is C23H28F2. The lowest BCUT2D eigenvalue weighted by molar-refractivity contribution is 0.418. The number of hydrogen-bond donors (Lipinski definition) is 0. The summed E-state index contributed by atoms with van der Waals surface area (Å²) in [7, 11) is 0. The van der Waals surface area contributed by atoms with Gasteiger partial charge in [0, 0.05) is 5.56 Å². The molecule has 25 heavy (non-hydrogen) atoms. The Hall–Kier alpha value is -1.70. The summed E-state index contributed by atoms with van der Waals surface area (Å²) in [6, 6.07) is 9.85. The van der Waals surface area contributed by atoms with Crippen molar-refractivity contribution in [1.82, 2.24) is 0 Å². The van der Waals surface area contributed by atoms with E-state index in [0.717, 1.165) is 37.7 Å². The van der Waals surface area contributed by atoms with Gasteiger partial charge in [-0.05, 0) is 85.3 Å². The highest BCUT2D eigenvalue weighted by molar-refractivity contribution is 5.34. The van der Waals surface area contributed by atoms with Crippen molar-refractivity contribution in [3.05, 3.63) is 69.8 Å². The zero-order chi connectivity index (χ0) is 17.8.